The van der Waals surface area contributed by atoms with Gasteiger partial charge in [0, 0.05) is 11.2 Å². The number of amidine groups is 1. The summed E-state index contributed by atoms with van der Waals surface area (Å²) in [5, 5.41) is 8.40. The Morgan fingerprint density at radius 3 is 2.94 bits per heavy atom. The van der Waals surface area contributed by atoms with Crippen molar-refractivity contribution in [1.82, 2.24) is 19.9 Å². The molecule has 0 bridgehead atoms. The number of fused-ring (bicyclic) bond motifs is 1. The molecule has 0 aliphatic rings. The number of H-pyrrole nitrogens is 1. The number of aromatic amines is 1. The van der Waals surface area contributed by atoms with Gasteiger partial charge in [0.1, 0.15) is 16.9 Å². The molecule has 2 aromatic rings. The van der Waals surface area contributed by atoms with E-state index in [1.807, 2.05) is 13.8 Å². The van der Waals surface area contributed by atoms with E-state index in [9.17, 15) is 0 Å². The molecule has 0 atom stereocenters. The van der Waals surface area contributed by atoms with Gasteiger partial charge in [0.25, 0.3) is 0 Å². The van der Waals surface area contributed by atoms with Gasteiger partial charge in [-0.25, -0.2) is 15.0 Å². The molecular formula is C11H16N6S. The molecule has 0 aromatic carbocycles. The van der Waals surface area contributed by atoms with Crippen LogP contribution in [-0.2, 0) is 0 Å². The standard InChI is InChI=1S/C11H16N6S/c1-11(2,10(12)13)3-4-18-9-7-8(15-5-14-7)16-6-17-9/h5-6H,3-4H2,1-2H3,(H3,12,13)(H,14,15,16,17). The van der Waals surface area contributed by atoms with Crippen molar-refractivity contribution in [2.75, 3.05) is 5.75 Å². The van der Waals surface area contributed by atoms with Crippen LogP contribution < -0.4 is 5.73 Å². The summed E-state index contributed by atoms with van der Waals surface area (Å²) in [7, 11) is 0. The summed E-state index contributed by atoms with van der Waals surface area (Å²) in [4.78, 5) is 15.4. The van der Waals surface area contributed by atoms with Crippen LogP contribution in [0.3, 0.4) is 0 Å². The van der Waals surface area contributed by atoms with Gasteiger partial charge in [-0.1, -0.05) is 13.8 Å². The summed E-state index contributed by atoms with van der Waals surface area (Å²) in [5.74, 6) is 1.06. The number of aromatic nitrogens is 4. The van der Waals surface area contributed by atoms with Crippen molar-refractivity contribution < 1.29 is 0 Å². The second kappa shape index (κ2) is 4.93. The number of nitrogens with one attached hydrogen (secondary N) is 2. The third kappa shape index (κ3) is 2.61. The Labute approximate surface area is 109 Å². The lowest BCUT2D eigenvalue weighted by molar-refractivity contribution is 0.500. The van der Waals surface area contributed by atoms with E-state index in [2.05, 4.69) is 19.9 Å². The second-order valence-electron chi connectivity index (χ2n) is 4.68. The smallest absolute Gasteiger partial charge is 0.181 e. The van der Waals surface area contributed by atoms with Gasteiger partial charge in [-0.15, -0.1) is 11.8 Å². The number of thioether (sulfide) groups is 1. The maximum absolute atomic E-state index is 7.51. The highest BCUT2D eigenvalue weighted by Crippen LogP contribution is 2.27. The van der Waals surface area contributed by atoms with Crippen molar-refractivity contribution in [3.05, 3.63) is 12.7 Å². The Kier molecular flexibility index (Phi) is 3.51. The van der Waals surface area contributed by atoms with E-state index in [0.29, 0.717) is 5.65 Å². The second-order valence-corrected chi connectivity index (χ2v) is 5.76. The van der Waals surface area contributed by atoms with Crippen molar-refractivity contribution in [3.63, 3.8) is 0 Å². The summed E-state index contributed by atoms with van der Waals surface area (Å²) in [5.41, 5.74) is 6.83. The first-order valence-corrected chi connectivity index (χ1v) is 6.60. The molecule has 4 N–H and O–H groups in total. The Bertz CT molecular complexity index is 561. The molecular weight excluding hydrogens is 248 g/mol. The molecule has 0 saturated carbocycles. The van der Waals surface area contributed by atoms with E-state index in [4.69, 9.17) is 11.1 Å². The molecule has 0 unspecified atom stereocenters. The van der Waals surface area contributed by atoms with Gasteiger partial charge in [0.05, 0.1) is 12.2 Å². The third-order valence-corrected chi connectivity index (χ3v) is 3.87. The zero-order chi connectivity index (χ0) is 13.2. The molecule has 0 saturated heterocycles. The fraction of sp³-hybridized carbons (Fsp3) is 0.455. The quantitative estimate of drug-likeness (QED) is 0.330. The zero-order valence-corrected chi connectivity index (χ0v) is 11.2. The normalized spacial score (nSPS) is 11.9. The maximum atomic E-state index is 7.51. The van der Waals surface area contributed by atoms with Gasteiger partial charge in [-0.05, 0) is 6.42 Å². The fourth-order valence-electron chi connectivity index (χ4n) is 1.39. The van der Waals surface area contributed by atoms with E-state index in [1.54, 1.807) is 18.1 Å². The molecule has 7 heteroatoms. The van der Waals surface area contributed by atoms with Crippen LogP contribution in [-0.4, -0.2) is 31.5 Å². The van der Waals surface area contributed by atoms with Gasteiger partial charge < -0.3 is 10.7 Å². The number of rotatable bonds is 5. The van der Waals surface area contributed by atoms with E-state index in [0.717, 1.165) is 22.7 Å². The van der Waals surface area contributed by atoms with Gasteiger partial charge in [-0.3, -0.25) is 5.41 Å². The lowest BCUT2D eigenvalue weighted by Crippen LogP contribution is -2.31. The number of hydrogen-bond donors (Lipinski definition) is 3. The maximum Gasteiger partial charge on any atom is 0.181 e. The minimum absolute atomic E-state index is 0.220. The first-order valence-electron chi connectivity index (χ1n) is 5.62. The predicted octanol–water partition coefficient (Wildman–Crippen LogP) is 1.80. The summed E-state index contributed by atoms with van der Waals surface area (Å²) >= 11 is 1.62. The van der Waals surface area contributed by atoms with Crippen molar-refractivity contribution in [2.45, 2.75) is 25.3 Å². The van der Waals surface area contributed by atoms with Crippen molar-refractivity contribution in [1.29, 1.82) is 5.41 Å². The monoisotopic (exact) mass is 264 g/mol. The van der Waals surface area contributed by atoms with Crippen LogP contribution in [0.2, 0.25) is 0 Å². The molecule has 0 aliphatic carbocycles. The molecule has 0 radical (unpaired) electrons. The predicted molar refractivity (Wildman–Crippen MR) is 72.7 cm³/mol. The van der Waals surface area contributed by atoms with Crippen LogP contribution in [0.25, 0.3) is 11.2 Å². The van der Waals surface area contributed by atoms with Crippen LogP contribution in [0.4, 0.5) is 0 Å². The topological polar surface area (TPSA) is 104 Å². The molecule has 0 spiro atoms. The first kappa shape index (κ1) is 12.8. The molecule has 6 nitrogen and oxygen atoms in total. The third-order valence-electron chi connectivity index (χ3n) is 2.88. The minimum Gasteiger partial charge on any atom is -0.387 e. The Morgan fingerprint density at radius 1 is 1.44 bits per heavy atom. The average molecular weight is 264 g/mol. The van der Waals surface area contributed by atoms with Crippen LogP contribution in [0, 0.1) is 10.8 Å². The Balaban J connectivity index is 2.03. The highest BCUT2D eigenvalue weighted by Gasteiger charge is 2.21. The van der Waals surface area contributed by atoms with Crippen molar-refractivity contribution >= 4 is 28.8 Å². The highest BCUT2D eigenvalue weighted by atomic mass is 32.2. The first-order chi connectivity index (χ1) is 8.50. The van der Waals surface area contributed by atoms with Crippen LogP contribution in [0.15, 0.2) is 17.7 Å². The summed E-state index contributed by atoms with van der Waals surface area (Å²) < 4.78 is 0. The van der Waals surface area contributed by atoms with E-state index >= 15 is 0 Å². The minimum atomic E-state index is -0.271. The molecule has 96 valence electrons. The van der Waals surface area contributed by atoms with Gasteiger partial charge >= 0.3 is 0 Å². The van der Waals surface area contributed by atoms with Crippen LogP contribution in [0.1, 0.15) is 20.3 Å². The lowest BCUT2D eigenvalue weighted by Gasteiger charge is -2.22. The molecule has 0 amide bonds. The van der Waals surface area contributed by atoms with Crippen molar-refractivity contribution in [2.24, 2.45) is 11.1 Å². The number of nitrogens with zero attached hydrogens (tertiary/aromatic N) is 3. The molecule has 0 aliphatic heterocycles. The lowest BCUT2D eigenvalue weighted by atomic mass is 9.89. The Morgan fingerprint density at radius 2 is 2.22 bits per heavy atom. The fourth-order valence-corrected chi connectivity index (χ4v) is 2.61. The number of hydrogen-bond acceptors (Lipinski definition) is 5. The van der Waals surface area contributed by atoms with Gasteiger partial charge in [-0.2, -0.15) is 0 Å². The summed E-state index contributed by atoms with van der Waals surface area (Å²) in [6.07, 6.45) is 3.96. The van der Waals surface area contributed by atoms with Crippen LogP contribution in [0.5, 0.6) is 0 Å². The van der Waals surface area contributed by atoms with Gasteiger partial charge in [0.15, 0.2) is 5.65 Å². The highest BCUT2D eigenvalue weighted by molar-refractivity contribution is 7.99. The molecule has 18 heavy (non-hydrogen) atoms. The number of imidazole rings is 1. The molecule has 2 rings (SSSR count). The summed E-state index contributed by atoms with van der Waals surface area (Å²) in [6.45, 7) is 3.95. The molecule has 2 heterocycles. The summed E-state index contributed by atoms with van der Waals surface area (Å²) in [6, 6.07) is 0. The average Bonchev–Trinajstić information content (AvgIpc) is 2.77. The zero-order valence-electron chi connectivity index (χ0n) is 10.4. The van der Waals surface area contributed by atoms with E-state index in [1.165, 1.54) is 6.33 Å². The van der Waals surface area contributed by atoms with Gasteiger partial charge in [0.2, 0.25) is 0 Å². The van der Waals surface area contributed by atoms with E-state index in [-0.39, 0.29) is 11.3 Å². The van der Waals surface area contributed by atoms with Crippen molar-refractivity contribution in [3.8, 4) is 0 Å². The number of nitrogens with two attached hydrogens (primary N) is 1. The van der Waals surface area contributed by atoms with E-state index < -0.39 is 0 Å². The Hall–Kier alpha value is -1.63. The molecule has 0 fully saturated rings. The molecule has 2 aromatic heterocycles. The van der Waals surface area contributed by atoms with Crippen LogP contribution >= 0.6 is 11.8 Å². The SMILES string of the molecule is CC(C)(CCSc1ncnc2nc[nH]c12)C(=N)N. The largest absolute Gasteiger partial charge is 0.387 e.